The molecule has 4 rings (SSSR count). The van der Waals surface area contributed by atoms with E-state index in [9.17, 15) is 0 Å². The Morgan fingerprint density at radius 2 is 2.10 bits per heavy atom. The molecule has 21 heavy (non-hydrogen) atoms. The lowest BCUT2D eigenvalue weighted by Gasteiger charge is -2.62. The molecule has 0 spiro atoms. The summed E-state index contributed by atoms with van der Waals surface area (Å²) in [4.78, 5) is 0. The molecule has 3 aliphatic carbocycles. The zero-order chi connectivity index (χ0) is 15.2. The van der Waals surface area contributed by atoms with Crippen molar-refractivity contribution in [2.24, 2.45) is 23.2 Å². The van der Waals surface area contributed by atoms with Crippen LogP contribution in [0.2, 0.25) is 0 Å². The van der Waals surface area contributed by atoms with Crippen molar-refractivity contribution < 1.29 is 4.74 Å². The van der Waals surface area contributed by atoms with Gasteiger partial charge in [-0.15, -0.1) is 0 Å². The Morgan fingerprint density at radius 1 is 1.33 bits per heavy atom. The number of rotatable bonds is 4. The standard InChI is InChI=1S/C18H26INO/c1-11-15-8-13(18(15,2)3)9-16(11)20-10-12-7-14(19)5-6-17(12)21-4/h5-7,11,13,15-16,20H,8-10H2,1-4H3. The molecule has 3 saturated carbocycles. The van der Waals surface area contributed by atoms with Gasteiger partial charge in [-0.25, -0.2) is 0 Å². The number of methoxy groups -OCH3 is 1. The van der Waals surface area contributed by atoms with Gasteiger partial charge < -0.3 is 10.1 Å². The van der Waals surface area contributed by atoms with Gasteiger partial charge in [0.15, 0.2) is 0 Å². The average molecular weight is 399 g/mol. The SMILES string of the molecule is COc1ccc(I)cc1CNC1CC2CC(C1C)C2(C)C. The molecule has 0 saturated heterocycles. The molecule has 4 unspecified atom stereocenters. The number of fused-ring (bicyclic) bond motifs is 2. The summed E-state index contributed by atoms with van der Waals surface area (Å²) >= 11 is 2.37. The predicted octanol–water partition coefficient (Wildman–Crippen LogP) is 4.46. The van der Waals surface area contributed by atoms with Crippen molar-refractivity contribution in [3.63, 3.8) is 0 Å². The predicted molar refractivity (Wildman–Crippen MR) is 95.5 cm³/mol. The van der Waals surface area contributed by atoms with Gasteiger partial charge in [-0.3, -0.25) is 0 Å². The zero-order valence-corrected chi connectivity index (χ0v) is 15.6. The van der Waals surface area contributed by atoms with Crippen molar-refractivity contribution in [2.45, 2.75) is 46.2 Å². The third-order valence-corrected chi connectivity index (χ3v) is 6.82. The van der Waals surface area contributed by atoms with Crippen LogP contribution >= 0.6 is 22.6 Å². The molecular weight excluding hydrogens is 373 g/mol. The summed E-state index contributed by atoms with van der Waals surface area (Å²) in [5, 5.41) is 3.80. The topological polar surface area (TPSA) is 21.3 Å². The van der Waals surface area contributed by atoms with Gasteiger partial charge in [0, 0.05) is 21.7 Å². The number of nitrogens with one attached hydrogen (secondary N) is 1. The van der Waals surface area contributed by atoms with Crippen LogP contribution in [0.5, 0.6) is 5.75 Å². The Bertz CT molecular complexity index is 528. The second-order valence-corrected chi connectivity index (χ2v) is 8.64. The van der Waals surface area contributed by atoms with Crippen molar-refractivity contribution >= 4 is 22.6 Å². The highest BCUT2D eigenvalue weighted by molar-refractivity contribution is 14.1. The van der Waals surface area contributed by atoms with Gasteiger partial charge in [0.25, 0.3) is 0 Å². The van der Waals surface area contributed by atoms with Crippen LogP contribution in [0.15, 0.2) is 18.2 Å². The molecule has 0 heterocycles. The number of hydrogen-bond acceptors (Lipinski definition) is 2. The minimum atomic E-state index is 0.567. The summed E-state index contributed by atoms with van der Waals surface area (Å²) in [6.07, 6.45) is 2.77. The quantitative estimate of drug-likeness (QED) is 0.755. The summed E-state index contributed by atoms with van der Waals surface area (Å²) in [5.41, 5.74) is 1.84. The molecule has 0 aliphatic heterocycles. The number of halogens is 1. The van der Waals surface area contributed by atoms with Crippen LogP contribution < -0.4 is 10.1 Å². The highest BCUT2D eigenvalue weighted by atomic mass is 127. The van der Waals surface area contributed by atoms with E-state index in [2.05, 4.69) is 66.9 Å². The first-order valence-corrected chi connectivity index (χ1v) is 9.07. The van der Waals surface area contributed by atoms with E-state index in [0.717, 1.165) is 30.0 Å². The second-order valence-electron chi connectivity index (χ2n) is 7.40. The summed E-state index contributed by atoms with van der Waals surface area (Å²) in [5.74, 6) is 3.58. The van der Waals surface area contributed by atoms with Crippen molar-refractivity contribution in [3.8, 4) is 5.75 Å². The summed E-state index contributed by atoms with van der Waals surface area (Å²) in [6, 6.07) is 7.06. The first kappa shape index (κ1) is 15.6. The molecule has 0 radical (unpaired) electrons. The maximum absolute atomic E-state index is 5.49. The first-order chi connectivity index (χ1) is 9.93. The Balaban J connectivity index is 1.65. The molecule has 3 heteroatoms. The third-order valence-electron chi connectivity index (χ3n) is 6.15. The first-order valence-electron chi connectivity index (χ1n) is 7.99. The third kappa shape index (κ3) is 2.72. The second kappa shape index (κ2) is 5.73. The molecule has 1 aromatic rings. The molecule has 3 aliphatic rings. The van der Waals surface area contributed by atoms with Gasteiger partial charge in [-0.05, 0) is 76.8 Å². The van der Waals surface area contributed by atoms with E-state index < -0.39 is 0 Å². The van der Waals surface area contributed by atoms with Crippen molar-refractivity contribution in [1.82, 2.24) is 5.32 Å². The van der Waals surface area contributed by atoms with E-state index >= 15 is 0 Å². The summed E-state index contributed by atoms with van der Waals surface area (Å²) < 4.78 is 6.76. The monoisotopic (exact) mass is 399 g/mol. The van der Waals surface area contributed by atoms with Crippen LogP contribution in [-0.2, 0) is 6.54 Å². The minimum absolute atomic E-state index is 0.567. The van der Waals surface area contributed by atoms with Crippen molar-refractivity contribution in [3.05, 3.63) is 27.3 Å². The van der Waals surface area contributed by atoms with E-state index in [4.69, 9.17) is 4.74 Å². The molecule has 0 amide bonds. The highest BCUT2D eigenvalue weighted by Crippen LogP contribution is 2.61. The van der Waals surface area contributed by atoms with E-state index in [-0.39, 0.29) is 0 Å². The Morgan fingerprint density at radius 3 is 2.71 bits per heavy atom. The lowest BCUT2D eigenvalue weighted by Crippen LogP contribution is -2.59. The van der Waals surface area contributed by atoms with E-state index in [1.165, 1.54) is 22.0 Å². The molecule has 0 aromatic heterocycles. The lowest BCUT2D eigenvalue weighted by atomic mass is 9.45. The molecule has 2 nitrogen and oxygen atoms in total. The highest BCUT2D eigenvalue weighted by Gasteiger charge is 2.55. The summed E-state index contributed by atoms with van der Waals surface area (Å²) in [7, 11) is 1.76. The van der Waals surface area contributed by atoms with Crippen LogP contribution in [0, 0.1) is 26.7 Å². The fourth-order valence-corrected chi connectivity index (χ4v) is 5.10. The van der Waals surface area contributed by atoms with Crippen molar-refractivity contribution in [1.29, 1.82) is 0 Å². The number of benzene rings is 1. The van der Waals surface area contributed by atoms with Gasteiger partial charge in [0.05, 0.1) is 7.11 Å². The fourth-order valence-electron chi connectivity index (χ4n) is 4.55. The smallest absolute Gasteiger partial charge is 0.123 e. The maximum atomic E-state index is 5.49. The van der Waals surface area contributed by atoms with Gasteiger partial charge in [-0.2, -0.15) is 0 Å². The summed E-state index contributed by atoms with van der Waals surface area (Å²) in [6.45, 7) is 8.27. The Labute approximate surface area is 142 Å². The van der Waals surface area contributed by atoms with Gasteiger partial charge in [0.1, 0.15) is 5.75 Å². The van der Waals surface area contributed by atoms with Crippen LogP contribution in [0.1, 0.15) is 39.2 Å². The normalized spacial score (nSPS) is 33.4. The fraction of sp³-hybridized carbons (Fsp3) is 0.667. The zero-order valence-electron chi connectivity index (χ0n) is 13.4. The van der Waals surface area contributed by atoms with Gasteiger partial charge in [0.2, 0.25) is 0 Å². The molecule has 2 bridgehead atoms. The Hall–Kier alpha value is -0.290. The van der Waals surface area contributed by atoms with Crippen LogP contribution in [0.25, 0.3) is 0 Å². The molecule has 116 valence electrons. The van der Waals surface area contributed by atoms with Crippen LogP contribution in [0.3, 0.4) is 0 Å². The van der Waals surface area contributed by atoms with E-state index in [1.807, 2.05) is 0 Å². The minimum Gasteiger partial charge on any atom is -0.496 e. The molecular formula is C18H26INO. The average Bonchev–Trinajstić information content (AvgIpc) is 2.45. The molecule has 1 aromatic carbocycles. The van der Waals surface area contributed by atoms with Crippen LogP contribution in [0.4, 0.5) is 0 Å². The van der Waals surface area contributed by atoms with E-state index in [1.54, 1.807) is 7.11 Å². The lowest BCUT2D eigenvalue weighted by molar-refractivity contribution is -0.115. The molecule has 3 fully saturated rings. The number of ether oxygens (including phenoxy) is 1. The van der Waals surface area contributed by atoms with Gasteiger partial charge in [-0.1, -0.05) is 20.8 Å². The Kier molecular flexibility index (Phi) is 4.25. The largest absolute Gasteiger partial charge is 0.496 e. The molecule has 1 N–H and O–H groups in total. The number of hydrogen-bond donors (Lipinski definition) is 1. The van der Waals surface area contributed by atoms with E-state index in [0.29, 0.717) is 11.5 Å². The van der Waals surface area contributed by atoms with Gasteiger partial charge >= 0.3 is 0 Å². The van der Waals surface area contributed by atoms with Crippen LogP contribution in [-0.4, -0.2) is 13.2 Å². The maximum Gasteiger partial charge on any atom is 0.123 e. The van der Waals surface area contributed by atoms with Crippen molar-refractivity contribution in [2.75, 3.05) is 7.11 Å². The molecule has 4 atom stereocenters.